The van der Waals surface area contributed by atoms with E-state index in [2.05, 4.69) is 10.4 Å². The summed E-state index contributed by atoms with van der Waals surface area (Å²) in [6, 6.07) is 11.0. The van der Waals surface area contributed by atoms with Crippen LogP contribution in [0, 0.1) is 6.92 Å². The van der Waals surface area contributed by atoms with Crippen LogP contribution in [0.1, 0.15) is 11.1 Å². The number of carbonyl (C=O) groups excluding carboxylic acids is 1. The van der Waals surface area contributed by atoms with Gasteiger partial charge in [0, 0.05) is 31.7 Å². The first kappa shape index (κ1) is 15.7. The van der Waals surface area contributed by atoms with Gasteiger partial charge < -0.3 is 9.88 Å². The van der Waals surface area contributed by atoms with E-state index in [1.165, 1.54) is 10.6 Å². The second-order valence-electron chi connectivity index (χ2n) is 5.66. The summed E-state index contributed by atoms with van der Waals surface area (Å²) in [5, 5.41) is 7.02. The van der Waals surface area contributed by atoms with Crippen molar-refractivity contribution >= 4 is 11.6 Å². The number of hydrogen-bond acceptors (Lipinski definition) is 3. The van der Waals surface area contributed by atoms with Crippen LogP contribution in [0.5, 0.6) is 0 Å². The second-order valence-corrected chi connectivity index (χ2v) is 5.66. The van der Waals surface area contributed by atoms with E-state index in [0.29, 0.717) is 5.69 Å². The molecule has 0 radical (unpaired) electrons. The lowest BCUT2D eigenvalue weighted by molar-refractivity contribution is -0.115. The average Bonchev–Trinajstić information content (AvgIpc) is 3.08. The van der Waals surface area contributed by atoms with Gasteiger partial charge in [-0.05, 0) is 36.2 Å². The first-order valence-electron chi connectivity index (χ1n) is 7.59. The Labute approximate surface area is 139 Å². The van der Waals surface area contributed by atoms with Crippen molar-refractivity contribution in [3.63, 3.8) is 0 Å². The molecule has 0 saturated heterocycles. The molecule has 0 unspecified atom stereocenters. The first-order chi connectivity index (χ1) is 11.5. The SMILES string of the molecule is Cc1cc(=O)n(C)cc1NC(=O)Cc1ccc(-n2cccn2)cc1. The van der Waals surface area contributed by atoms with Crippen LogP contribution in [0.15, 0.2) is 59.8 Å². The Morgan fingerprint density at radius 3 is 2.67 bits per heavy atom. The van der Waals surface area contributed by atoms with Crippen LogP contribution >= 0.6 is 0 Å². The lowest BCUT2D eigenvalue weighted by Gasteiger charge is -2.10. The van der Waals surface area contributed by atoms with E-state index in [9.17, 15) is 9.59 Å². The van der Waals surface area contributed by atoms with Crippen LogP contribution in [-0.2, 0) is 18.3 Å². The highest BCUT2D eigenvalue weighted by Gasteiger charge is 2.08. The van der Waals surface area contributed by atoms with E-state index in [1.54, 1.807) is 31.0 Å². The van der Waals surface area contributed by atoms with Gasteiger partial charge in [-0.1, -0.05) is 12.1 Å². The second kappa shape index (κ2) is 6.54. The molecule has 1 amide bonds. The molecule has 3 aromatic rings. The molecule has 0 atom stereocenters. The highest BCUT2D eigenvalue weighted by atomic mass is 16.1. The molecule has 0 aliphatic heterocycles. The third kappa shape index (κ3) is 3.43. The van der Waals surface area contributed by atoms with Crippen LogP contribution in [0.2, 0.25) is 0 Å². The fourth-order valence-corrected chi connectivity index (χ4v) is 2.42. The lowest BCUT2D eigenvalue weighted by Crippen LogP contribution is -2.20. The number of rotatable bonds is 4. The van der Waals surface area contributed by atoms with E-state index < -0.39 is 0 Å². The number of pyridine rings is 1. The number of aryl methyl sites for hydroxylation is 2. The molecule has 0 spiro atoms. The number of nitrogens with one attached hydrogen (secondary N) is 1. The van der Waals surface area contributed by atoms with Gasteiger partial charge in [-0.2, -0.15) is 5.10 Å². The van der Waals surface area contributed by atoms with Crippen LogP contribution in [0.4, 0.5) is 5.69 Å². The van der Waals surface area contributed by atoms with Gasteiger partial charge >= 0.3 is 0 Å². The fourth-order valence-electron chi connectivity index (χ4n) is 2.42. The molecule has 0 bridgehead atoms. The number of anilines is 1. The monoisotopic (exact) mass is 322 g/mol. The molecule has 24 heavy (non-hydrogen) atoms. The molecular weight excluding hydrogens is 304 g/mol. The minimum Gasteiger partial charge on any atom is -0.324 e. The summed E-state index contributed by atoms with van der Waals surface area (Å²) in [4.78, 5) is 23.8. The molecule has 0 fully saturated rings. The Balaban J connectivity index is 1.69. The van der Waals surface area contributed by atoms with Crippen molar-refractivity contribution in [3.05, 3.63) is 76.5 Å². The summed E-state index contributed by atoms with van der Waals surface area (Å²) < 4.78 is 3.21. The maximum Gasteiger partial charge on any atom is 0.250 e. The summed E-state index contributed by atoms with van der Waals surface area (Å²) in [7, 11) is 1.66. The molecule has 0 aliphatic carbocycles. The summed E-state index contributed by atoms with van der Waals surface area (Å²) in [5.41, 5.74) is 3.15. The van der Waals surface area contributed by atoms with E-state index in [0.717, 1.165) is 16.8 Å². The van der Waals surface area contributed by atoms with Gasteiger partial charge in [0.25, 0.3) is 5.56 Å². The molecule has 0 aliphatic rings. The number of carbonyl (C=O) groups is 1. The molecule has 1 aromatic carbocycles. The normalized spacial score (nSPS) is 10.6. The molecule has 0 saturated carbocycles. The van der Waals surface area contributed by atoms with Gasteiger partial charge in [0.2, 0.25) is 5.91 Å². The van der Waals surface area contributed by atoms with Crippen LogP contribution < -0.4 is 10.9 Å². The van der Waals surface area contributed by atoms with Gasteiger partial charge in [-0.3, -0.25) is 9.59 Å². The quantitative estimate of drug-likeness (QED) is 0.799. The summed E-state index contributed by atoms with van der Waals surface area (Å²) in [5.74, 6) is -0.122. The fraction of sp³-hybridized carbons (Fsp3) is 0.167. The highest BCUT2D eigenvalue weighted by molar-refractivity contribution is 5.92. The van der Waals surface area contributed by atoms with Gasteiger partial charge in [0.15, 0.2) is 0 Å². The van der Waals surface area contributed by atoms with Crippen LogP contribution in [0.3, 0.4) is 0 Å². The molecular formula is C18H18N4O2. The van der Waals surface area contributed by atoms with E-state index in [1.807, 2.05) is 36.5 Å². The molecule has 2 aromatic heterocycles. The zero-order valence-corrected chi connectivity index (χ0v) is 13.6. The number of amides is 1. The zero-order valence-electron chi connectivity index (χ0n) is 13.6. The Morgan fingerprint density at radius 2 is 2.00 bits per heavy atom. The van der Waals surface area contributed by atoms with Crippen molar-refractivity contribution in [2.24, 2.45) is 7.05 Å². The zero-order chi connectivity index (χ0) is 17.1. The Kier molecular flexibility index (Phi) is 4.29. The highest BCUT2D eigenvalue weighted by Crippen LogP contribution is 2.13. The van der Waals surface area contributed by atoms with Gasteiger partial charge in [-0.25, -0.2) is 4.68 Å². The van der Waals surface area contributed by atoms with Crippen molar-refractivity contribution in [1.29, 1.82) is 0 Å². The van der Waals surface area contributed by atoms with E-state index in [-0.39, 0.29) is 17.9 Å². The van der Waals surface area contributed by atoms with Crippen molar-refractivity contribution in [2.75, 3.05) is 5.32 Å². The van der Waals surface area contributed by atoms with Crippen molar-refractivity contribution < 1.29 is 4.79 Å². The molecule has 6 heteroatoms. The van der Waals surface area contributed by atoms with Gasteiger partial charge in [-0.15, -0.1) is 0 Å². The minimum absolute atomic E-state index is 0.0975. The number of aromatic nitrogens is 3. The number of hydrogen-bond donors (Lipinski definition) is 1. The lowest BCUT2D eigenvalue weighted by atomic mass is 10.1. The molecule has 3 rings (SSSR count). The van der Waals surface area contributed by atoms with E-state index >= 15 is 0 Å². The third-order valence-electron chi connectivity index (χ3n) is 3.78. The van der Waals surface area contributed by atoms with Crippen molar-refractivity contribution in [1.82, 2.24) is 14.3 Å². The summed E-state index contributed by atoms with van der Waals surface area (Å²) in [6.45, 7) is 1.80. The standard InChI is InChI=1S/C18H18N4O2/c1-13-10-18(24)21(2)12-16(13)20-17(23)11-14-4-6-15(7-5-14)22-9-3-8-19-22/h3-10,12H,11H2,1-2H3,(H,20,23). The smallest absolute Gasteiger partial charge is 0.250 e. The molecule has 2 heterocycles. The Hall–Kier alpha value is -3.15. The predicted molar refractivity (Wildman–Crippen MR) is 92.3 cm³/mol. The largest absolute Gasteiger partial charge is 0.324 e. The third-order valence-corrected chi connectivity index (χ3v) is 3.78. The van der Waals surface area contributed by atoms with Crippen LogP contribution in [-0.4, -0.2) is 20.3 Å². The molecule has 1 N–H and O–H groups in total. The van der Waals surface area contributed by atoms with Crippen molar-refractivity contribution in [2.45, 2.75) is 13.3 Å². The Morgan fingerprint density at radius 1 is 1.25 bits per heavy atom. The van der Waals surface area contributed by atoms with Gasteiger partial charge in [0.1, 0.15) is 0 Å². The van der Waals surface area contributed by atoms with Gasteiger partial charge in [0.05, 0.1) is 17.8 Å². The number of benzene rings is 1. The average molecular weight is 322 g/mol. The molecule has 122 valence electrons. The van der Waals surface area contributed by atoms with Crippen molar-refractivity contribution in [3.8, 4) is 5.69 Å². The maximum atomic E-state index is 12.2. The summed E-state index contributed by atoms with van der Waals surface area (Å²) >= 11 is 0. The summed E-state index contributed by atoms with van der Waals surface area (Å²) in [6.07, 6.45) is 5.49. The topological polar surface area (TPSA) is 68.9 Å². The number of nitrogens with zero attached hydrogens (tertiary/aromatic N) is 3. The minimum atomic E-state index is -0.122. The first-order valence-corrected chi connectivity index (χ1v) is 7.59. The molecule has 6 nitrogen and oxygen atoms in total. The van der Waals surface area contributed by atoms with E-state index in [4.69, 9.17) is 0 Å². The Bertz CT molecular complexity index is 909. The maximum absolute atomic E-state index is 12.2. The predicted octanol–water partition coefficient (Wildman–Crippen LogP) is 2.06. The van der Waals surface area contributed by atoms with Crippen LogP contribution in [0.25, 0.3) is 5.69 Å².